The maximum atomic E-state index is 10.1. The molecule has 1 aromatic heterocycles. The van der Waals surface area contributed by atoms with E-state index < -0.39 is 9.93 Å². The van der Waals surface area contributed by atoms with Crippen molar-refractivity contribution in [1.82, 2.24) is 9.88 Å². The smallest absolute Gasteiger partial charge is 0.0706 e. The first-order valence-electron chi connectivity index (χ1n) is 12.2. The minimum Gasteiger partial charge on any atom is -0.355 e. The van der Waals surface area contributed by atoms with Crippen LogP contribution in [0.1, 0.15) is 42.0 Å². The predicted octanol–water partition coefficient (Wildman–Crippen LogP) is 7.01. The Hall–Kier alpha value is -2.35. The van der Waals surface area contributed by atoms with Crippen molar-refractivity contribution in [1.29, 1.82) is 0 Å². The highest BCUT2D eigenvalue weighted by Crippen LogP contribution is 2.47. The standard InChI is InChI=1S/C29H36N3OPS/c1-4-5-6-8-23-12-14-28(30-20-23)27-19-25(13-11-22(27)2)31-29-10-7-9-24-21-32(16-15-26(24)29)17-18-35(3,33)34/h7,9-14,19-20,31,33H,4-5,15-18,21,34H2,1-3H3. The zero-order chi connectivity index (χ0) is 24.8. The van der Waals surface area contributed by atoms with Crippen molar-refractivity contribution in [2.75, 3.05) is 30.4 Å². The molecule has 2 aromatic carbocycles. The number of anilines is 2. The Bertz CT molecular complexity index is 1230. The second-order valence-electron chi connectivity index (χ2n) is 9.42. The van der Waals surface area contributed by atoms with Gasteiger partial charge in [0, 0.05) is 60.5 Å². The van der Waals surface area contributed by atoms with Crippen molar-refractivity contribution < 1.29 is 4.55 Å². The van der Waals surface area contributed by atoms with Crippen LogP contribution in [0.15, 0.2) is 54.7 Å². The Kier molecular flexibility index (Phi) is 8.52. The molecule has 2 heterocycles. The molecule has 2 N–H and O–H groups in total. The van der Waals surface area contributed by atoms with E-state index in [0.717, 1.165) is 67.2 Å². The maximum Gasteiger partial charge on any atom is 0.0706 e. The molecule has 6 heteroatoms. The summed E-state index contributed by atoms with van der Waals surface area (Å²) in [5, 5.41) is 3.68. The third-order valence-corrected chi connectivity index (χ3v) is 8.05. The number of benzene rings is 2. The number of hydrogen-bond acceptors (Lipinski definition) is 4. The first-order chi connectivity index (χ1) is 16.8. The summed E-state index contributed by atoms with van der Waals surface area (Å²) in [6.45, 7) is 7.15. The van der Waals surface area contributed by atoms with Gasteiger partial charge in [-0.1, -0.05) is 45.4 Å². The minimum absolute atomic E-state index is 0.831. The molecule has 1 aliphatic heterocycles. The van der Waals surface area contributed by atoms with Crippen molar-refractivity contribution in [3.05, 3.63) is 77.0 Å². The zero-order valence-electron chi connectivity index (χ0n) is 21.0. The molecular weight excluding hydrogens is 469 g/mol. The van der Waals surface area contributed by atoms with Crippen molar-refractivity contribution in [3.8, 4) is 23.1 Å². The van der Waals surface area contributed by atoms with E-state index in [0.29, 0.717) is 0 Å². The van der Waals surface area contributed by atoms with Gasteiger partial charge in [0.25, 0.3) is 0 Å². The Morgan fingerprint density at radius 2 is 2.06 bits per heavy atom. The second kappa shape index (κ2) is 11.6. The summed E-state index contributed by atoms with van der Waals surface area (Å²) in [5.41, 5.74) is 9.26. The van der Waals surface area contributed by atoms with Gasteiger partial charge in [-0.3, -0.25) is 9.88 Å². The molecule has 35 heavy (non-hydrogen) atoms. The fourth-order valence-electron chi connectivity index (χ4n) is 4.34. The number of unbranched alkanes of at least 4 members (excludes halogenated alkanes) is 1. The number of aryl methyl sites for hydroxylation is 1. The van der Waals surface area contributed by atoms with Crippen LogP contribution in [0, 0.1) is 18.8 Å². The molecular formula is C29H36N3OPS. The van der Waals surface area contributed by atoms with E-state index in [2.05, 4.69) is 92.9 Å². The summed E-state index contributed by atoms with van der Waals surface area (Å²) < 4.78 is 10.1. The van der Waals surface area contributed by atoms with Crippen LogP contribution < -0.4 is 5.32 Å². The summed E-state index contributed by atoms with van der Waals surface area (Å²) >= 11 is 0. The highest BCUT2D eigenvalue weighted by molar-refractivity contribution is 8.64. The molecule has 3 aromatic rings. The molecule has 0 fully saturated rings. The molecule has 0 radical (unpaired) electrons. The van der Waals surface area contributed by atoms with E-state index in [1.165, 1.54) is 22.4 Å². The third-order valence-electron chi connectivity index (χ3n) is 6.33. The molecule has 184 valence electrons. The Morgan fingerprint density at radius 3 is 2.80 bits per heavy atom. The van der Waals surface area contributed by atoms with E-state index in [1.807, 2.05) is 12.5 Å². The van der Waals surface area contributed by atoms with Gasteiger partial charge in [0.1, 0.15) is 0 Å². The number of nitrogens with zero attached hydrogens (tertiary/aromatic N) is 2. The number of hydrogen-bond donors (Lipinski definition) is 2. The lowest BCUT2D eigenvalue weighted by Gasteiger charge is -2.33. The molecule has 0 bridgehead atoms. The Balaban J connectivity index is 1.50. The molecule has 4 rings (SSSR count). The highest BCUT2D eigenvalue weighted by Gasteiger charge is 2.20. The van der Waals surface area contributed by atoms with Gasteiger partial charge in [0.05, 0.1) is 5.69 Å². The van der Waals surface area contributed by atoms with E-state index in [9.17, 15) is 4.55 Å². The van der Waals surface area contributed by atoms with Crippen molar-refractivity contribution >= 4 is 29.7 Å². The molecule has 0 aliphatic carbocycles. The van der Waals surface area contributed by atoms with Gasteiger partial charge in [-0.05, 0) is 73.0 Å². The van der Waals surface area contributed by atoms with Gasteiger partial charge in [-0.15, -0.1) is 9.93 Å². The molecule has 0 saturated heterocycles. The van der Waals surface area contributed by atoms with Crippen molar-refractivity contribution in [3.63, 3.8) is 0 Å². The van der Waals surface area contributed by atoms with Crippen LogP contribution in [0.3, 0.4) is 0 Å². The van der Waals surface area contributed by atoms with E-state index in [1.54, 1.807) is 0 Å². The van der Waals surface area contributed by atoms with Crippen molar-refractivity contribution in [2.24, 2.45) is 0 Å². The monoisotopic (exact) mass is 505 g/mol. The number of rotatable bonds is 7. The lowest BCUT2D eigenvalue weighted by molar-refractivity contribution is 0.269. The molecule has 2 unspecified atom stereocenters. The molecule has 2 atom stereocenters. The molecule has 0 spiro atoms. The SMILES string of the molecule is CCCC#Cc1ccc(-c2cc(Nc3cccc4c3CCN(CCS(C)(O)P)C4)ccc2C)nc1. The average Bonchev–Trinajstić information content (AvgIpc) is 2.84. The quantitative estimate of drug-likeness (QED) is 0.268. The normalized spacial score (nSPS) is 15.9. The topological polar surface area (TPSA) is 48.4 Å². The van der Waals surface area contributed by atoms with Crippen LogP contribution in [-0.4, -0.2) is 39.5 Å². The second-order valence-corrected chi connectivity index (χ2v) is 15.1. The number of fused-ring (bicyclic) bond motifs is 1. The summed E-state index contributed by atoms with van der Waals surface area (Å²) in [7, 11) is 1.08. The van der Waals surface area contributed by atoms with Gasteiger partial charge in [-0.2, -0.15) is 0 Å². The lowest BCUT2D eigenvalue weighted by Crippen LogP contribution is -2.33. The summed E-state index contributed by atoms with van der Waals surface area (Å²) in [4.78, 5) is 7.14. The average molecular weight is 506 g/mol. The van der Waals surface area contributed by atoms with Crippen LogP contribution in [-0.2, 0) is 13.0 Å². The number of nitrogens with one attached hydrogen (secondary N) is 1. The third kappa shape index (κ3) is 7.09. The van der Waals surface area contributed by atoms with Gasteiger partial charge in [-0.25, -0.2) is 0 Å². The number of aromatic nitrogens is 1. The minimum atomic E-state index is -1.54. The first kappa shape index (κ1) is 25.7. The van der Waals surface area contributed by atoms with Gasteiger partial charge in [0.2, 0.25) is 0 Å². The van der Waals surface area contributed by atoms with Crippen LogP contribution in [0.2, 0.25) is 0 Å². The predicted molar refractivity (Wildman–Crippen MR) is 156 cm³/mol. The Morgan fingerprint density at radius 1 is 1.20 bits per heavy atom. The fraction of sp³-hybridized carbons (Fsp3) is 0.345. The lowest BCUT2D eigenvalue weighted by atomic mass is 9.97. The zero-order valence-corrected chi connectivity index (χ0v) is 22.9. The van der Waals surface area contributed by atoms with Gasteiger partial charge in [0.15, 0.2) is 0 Å². The number of pyridine rings is 1. The van der Waals surface area contributed by atoms with E-state index in [-0.39, 0.29) is 0 Å². The van der Waals surface area contributed by atoms with Crippen LogP contribution in [0.25, 0.3) is 11.3 Å². The van der Waals surface area contributed by atoms with E-state index in [4.69, 9.17) is 4.98 Å². The molecule has 0 amide bonds. The van der Waals surface area contributed by atoms with Crippen LogP contribution in [0.4, 0.5) is 11.4 Å². The molecule has 1 aliphatic rings. The maximum absolute atomic E-state index is 10.1. The first-order valence-corrected chi connectivity index (χ1v) is 15.9. The summed E-state index contributed by atoms with van der Waals surface area (Å²) in [6, 6.07) is 17.2. The van der Waals surface area contributed by atoms with Crippen molar-refractivity contribution in [2.45, 2.75) is 39.7 Å². The summed E-state index contributed by atoms with van der Waals surface area (Å²) in [5.74, 6) is 7.21. The van der Waals surface area contributed by atoms with Crippen LogP contribution >= 0.6 is 18.4 Å². The largest absolute Gasteiger partial charge is 0.355 e. The molecule has 4 nitrogen and oxygen atoms in total. The van der Waals surface area contributed by atoms with E-state index >= 15 is 0 Å². The van der Waals surface area contributed by atoms with Gasteiger partial charge >= 0.3 is 0 Å². The Labute approximate surface area is 214 Å². The highest BCUT2D eigenvalue weighted by atomic mass is 32.8. The molecule has 0 saturated carbocycles. The fourth-order valence-corrected chi connectivity index (χ4v) is 5.28. The van der Waals surface area contributed by atoms with Gasteiger partial charge < -0.3 is 9.87 Å². The summed E-state index contributed by atoms with van der Waals surface area (Å²) in [6.07, 6.45) is 6.79. The van der Waals surface area contributed by atoms with Crippen LogP contribution in [0.5, 0.6) is 0 Å².